The zero-order valence-corrected chi connectivity index (χ0v) is 12.1. The van der Waals surface area contributed by atoms with Crippen molar-refractivity contribution in [2.24, 2.45) is 5.92 Å². The number of carbonyl (C=O) groups excluding carboxylic acids is 1. The van der Waals surface area contributed by atoms with Crippen molar-refractivity contribution in [3.63, 3.8) is 0 Å². The molecular weight excluding hydrogens is 280 g/mol. The van der Waals surface area contributed by atoms with Crippen LogP contribution in [0, 0.1) is 16.0 Å². The van der Waals surface area contributed by atoms with E-state index in [1.165, 1.54) is 37.5 Å². The first-order valence-corrected chi connectivity index (χ1v) is 7.14. The van der Waals surface area contributed by atoms with Crippen LogP contribution in [-0.2, 0) is 0 Å². The fourth-order valence-electron chi connectivity index (χ4n) is 2.31. The third-order valence-corrected chi connectivity index (χ3v) is 4.07. The van der Waals surface area contributed by atoms with E-state index in [2.05, 4.69) is 0 Å². The van der Waals surface area contributed by atoms with Crippen LogP contribution in [0.3, 0.4) is 0 Å². The summed E-state index contributed by atoms with van der Waals surface area (Å²) in [4.78, 5) is 24.3. The maximum Gasteiger partial charge on any atom is 0.287 e. The van der Waals surface area contributed by atoms with E-state index in [1.54, 1.807) is 4.90 Å². The Morgan fingerprint density at radius 3 is 2.65 bits per heavy atom. The van der Waals surface area contributed by atoms with Crippen LogP contribution >= 0.6 is 11.6 Å². The molecule has 0 spiro atoms. The molecule has 0 aliphatic heterocycles. The van der Waals surface area contributed by atoms with E-state index in [4.69, 9.17) is 11.6 Å². The summed E-state index contributed by atoms with van der Waals surface area (Å²) in [6.45, 7) is 3.32. The maximum absolute atomic E-state index is 12.4. The van der Waals surface area contributed by atoms with Crippen LogP contribution in [0.5, 0.6) is 0 Å². The molecule has 5 nitrogen and oxygen atoms in total. The molecule has 0 saturated heterocycles. The third-order valence-electron chi connectivity index (χ3n) is 3.76. The Balaban J connectivity index is 2.14. The molecule has 108 valence electrons. The van der Waals surface area contributed by atoms with Crippen LogP contribution in [0.1, 0.15) is 36.5 Å². The SMILES string of the molecule is CCN(CC1CCC1)C(=O)c1ccc([N+](=O)[O-])c(Cl)c1. The quantitative estimate of drug-likeness (QED) is 0.617. The lowest BCUT2D eigenvalue weighted by Gasteiger charge is -2.31. The summed E-state index contributed by atoms with van der Waals surface area (Å²) in [7, 11) is 0. The molecule has 1 amide bonds. The van der Waals surface area contributed by atoms with Gasteiger partial charge in [-0.25, -0.2) is 0 Å². The summed E-state index contributed by atoms with van der Waals surface area (Å²) in [5.74, 6) is 0.476. The largest absolute Gasteiger partial charge is 0.339 e. The van der Waals surface area contributed by atoms with Gasteiger partial charge in [0, 0.05) is 24.7 Å². The predicted molar refractivity (Wildman–Crippen MR) is 77.0 cm³/mol. The van der Waals surface area contributed by atoms with E-state index in [-0.39, 0.29) is 16.6 Å². The standard InChI is InChI=1S/C14H17ClN2O3/c1-2-16(9-10-4-3-5-10)14(18)11-6-7-13(17(19)20)12(15)8-11/h6-8,10H,2-5,9H2,1H3. The Bertz CT molecular complexity index is 529. The van der Waals surface area contributed by atoms with Gasteiger partial charge in [-0.05, 0) is 37.8 Å². The van der Waals surface area contributed by atoms with E-state index < -0.39 is 4.92 Å². The van der Waals surface area contributed by atoms with Gasteiger partial charge in [-0.1, -0.05) is 18.0 Å². The highest BCUT2D eigenvalue weighted by atomic mass is 35.5. The van der Waals surface area contributed by atoms with Crippen molar-refractivity contribution in [3.8, 4) is 0 Å². The van der Waals surface area contributed by atoms with Gasteiger partial charge < -0.3 is 4.90 Å². The fraction of sp³-hybridized carbons (Fsp3) is 0.500. The summed E-state index contributed by atoms with van der Waals surface area (Å²) in [6.07, 6.45) is 3.58. The zero-order chi connectivity index (χ0) is 14.7. The van der Waals surface area contributed by atoms with Crippen LogP contribution in [-0.4, -0.2) is 28.8 Å². The normalized spacial score (nSPS) is 14.7. The maximum atomic E-state index is 12.4. The Morgan fingerprint density at radius 2 is 2.20 bits per heavy atom. The molecule has 1 aromatic carbocycles. The van der Waals surface area contributed by atoms with Crippen molar-refractivity contribution in [3.05, 3.63) is 38.9 Å². The van der Waals surface area contributed by atoms with E-state index in [9.17, 15) is 14.9 Å². The van der Waals surface area contributed by atoms with Crippen molar-refractivity contribution in [1.29, 1.82) is 0 Å². The smallest absolute Gasteiger partial charge is 0.287 e. The van der Waals surface area contributed by atoms with Crippen LogP contribution in [0.25, 0.3) is 0 Å². The molecule has 0 atom stereocenters. The molecule has 1 aliphatic rings. The molecule has 1 fully saturated rings. The minimum Gasteiger partial charge on any atom is -0.339 e. The van der Waals surface area contributed by atoms with Crippen molar-refractivity contribution in [2.45, 2.75) is 26.2 Å². The molecule has 0 bridgehead atoms. The van der Waals surface area contributed by atoms with Gasteiger partial charge in [-0.15, -0.1) is 0 Å². The summed E-state index contributed by atoms with van der Waals surface area (Å²) in [5, 5.41) is 10.7. The first-order chi connectivity index (χ1) is 9.52. The number of rotatable bonds is 5. The summed E-state index contributed by atoms with van der Waals surface area (Å²) < 4.78 is 0. The monoisotopic (exact) mass is 296 g/mol. The first-order valence-electron chi connectivity index (χ1n) is 6.76. The van der Waals surface area contributed by atoms with Crippen LogP contribution in [0.2, 0.25) is 5.02 Å². The molecule has 1 saturated carbocycles. The minimum atomic E-state index is -0.553. The molecule has 2 rings (SSSR count). The van der Waals surface area contributed by atoms with Crippen LogP contribution in [0.15, 0.2) is 18.2 Å². The van der Waals surface area contributed by atoms with E-state index in [0.717, 1.165) is 6.54 Å². The molecule has 0 aromatic heterocycles. The highest BCUT2D eigenvalue weighted by molar-refractivity contribution is 6.33. The van der Waals surface area contributed by atoms with E-state index >= 15 is 0 Å². The molecule has 1 aromatic rings. The second-order valence-corrected chi connectivity index (χ2v) is 5.47. The van der Waals surface area contributed by atoms with Crippen molar-refractivity contribution in [2.75, 3.05) is 13.1 Å². The highest BCUT2D eigenvalue weighted by Crippen LogP contribution is 2.29. The number of benzene rings is 1. The Hall–Kier alpha value is -1.62. The molecule has 6 heteroatoms. The van der Waals surface area contributed by atoms with Gasteiger partial charge in [0.25, 0.3) is 11.6 Å². The number of amides is 1. The number of carbonyl (C=O) groups is 1. The van der Waals surface area contributed by atoms with Crippen LogP contribution in [0.4, 0.5) is 5.69 Å². The van der Waals surface area contributed by atoms with Gasteiger partial charge in [-0.3, -0.25) is 14.9 Å². The van der Waals surface area contributed by atoms with Gasteiger partial charge in [0.15, 0.2) is 0 Å². The average molecular weight is 297 g/mol. The molecular formula is C14H17ClN2O3. The molecule has 0 heterocycles. The first kappa shape index (κ1) is 14.8. The Labute approximate surface area is 122 Å². The molecule has 20 heavy (non-hydrogen) atoms. The number of nitro groups is 1. The second-order valence-electron chi connectivity index (χ2n) is 5.06. The molecule has 1 aliphatic carbocycles. The highest BCUT2D eigenvalue weighted by Gasteiger charge is 2.24. The van der Waals surface area contributed by atoms with Crippen LogP contribution < -0.4 is 0 Å². The van der Waals surface area contributed by atoms with E-state index in [1.807, 2.05) is 6.92 Å². The lowest BCUT2D eigenvalue weighted by Crippen LogP contribution is -2.37. The number of nitrogens with zero attached hydrogens (tertiary/aromatic N) is 2. The van der Waals surface area contributed by atoms with Crippen molar-refractivity contribution >= 4 is 23.2 Å². The average Bonchev–Trinajstić information content (AvgIpc) is 2.36. The van der Waals surface area contributed by atoms with Gasteiger partial charge in [-0.2, -0.15) is 0 Å². The predicted octanol–water partition coefficient (Wildman–Crippen LogP) is 3.51. The molecule has 0 N–H and O–H groups in total. The Morgan fingerprint density at radius 1 is 1.50 bits per heavy atom. The second kappa shape index (κ2) is 6.22. The molecule has 0 radical (unpaired) electrons. The number of nitro benzene ring substituents is 1. The van der Waals surface area contributed by atoms with Gasteiger partial charge >= 0.3 is 0 Å². The number of hydrogen-bond acceptors (Lipinski definition) is 3. The van der Waals surface area contributed by atoms with Crippen molar-refractivity contribution in [1.82, 2.24) is 4.90 Å². The number of hydrogen-bond donors (Lipinski definition) is 0. The van der Waals surface area contributed by atoms with Gasteiger partial charge in [0.05, 0.1) is 4.92 Å². The van der Waals surface area contributed by atoms with Crippen molar-refractivity contribution < 1.29 is 9.72 Å². The fourth-order valence-corrected chi connectivity index (χ4v) is 2.56. The summed E-state index contributed by atoms with van der Waals surface area (Å²) in [5.41, 5.74) is 0.229. The zero-order valence-electron chi connectivity index (χ0n) is 11.3. The third kappa shape index (κ3) is 3.10. The molecule has 0 unspecified atom stereocenters. The topological polar surface area (TPSA) is 63.5 Å². The summed E-state index contributed by atoms with van der Waals surface area (Å²) >= 11 is 5.85. The summed E-state index contributed by atoms with van der Waals surface area (Å²) in [6, 6.07) is 4.13. The number of halogens is 1. The lowest BCUT2D eigenvalue weighted by atomic mass is 9.85. The van der Waals surface area contributed by atoms with Gasteiger partial charge in [0.1, 0.15) is 5.02 Å². The van der Waals surface area contributed by atoms with Gasteiger partial charge in [0.2, 0.25) is 0 Å². The van der Waals surface area contributed by atoms with E-state index in [0.29, 0.717) is 18.0 Å². The Kier molecular flexibility index (Phi) is 4.60. The minimum absolute atomic E-state index is 0.000507. The lowest BCUT2D eigenvalue weighted by molar-refractivity contribution is -0.384.